The fraction of sp³-hybridized carbons (Fsp3) is 0.300. The van der Waals surface area contributed by atoms with E-state index in [1.165, 1.54) is 116 Å². The van der Waals surface area contributed by atoms with E-state index in [0.717, 1.165) is 46.7 Å². The summed E-state index contributed by atoms with van der Waals surface area (Å²) in [5, 5.41) is 5.25. The van der Waals surface area contributed by atoms with Gasteiger partial charge in [-0.2, -0.15) is 0 Å². The Balaban J connectivity index is 0.948. The van der Waals surface area contributed by atoms with Crippen molar-refractivity contribution in [1.82, 2.24) is 0 Å². The zero-order valence-electron chi connectivity index (χ0n) is 64.9. The van der Waals surface area contributed by atoms with Crippen molar-refractivity contribution in [2.75, 3.05) is 9.80 Å². The van der Waals surface area contributed by atoms with Crippen molar-refractivity contribution in [3.63, 3.8) is 0 Å². The van der Waals surface area contributed by atoms with Gasteiger partial charge >= 0.3 is 0 Å². The molecular formula is C100H110N2. The molecule has 0 saturated carbocycles. The van der Waals surface area contributed by atoms with Crippen LogP contribution in [0.1, 0.15) is 205 Å². The van der Waals surface area contributed by atoms with Crippen LogP contribution in [-0.4, -0.2) is 5.54 Å². The first-order chi connectivity index (χ1) is 48.4. The fourth-order valence-corrected chi connectivity index (χ4v) is 16.2. The lowest BCUT2D eigenvalue weighted by atomic mass is 9.60. The van der Waals surface area contributed by atoms with Crippen LogP contribution in [0.25, 0.3) is 72.1 Å². The summed E-state index contributed by atoms with van der Waals surface area (Å²) in [6.07, 6.45) is 4.13. The van der Waals surface area contributed by atoms with E-state index in [-0.39, 0.29) is 27.6 Å². The normalized spacial score (nSPS) is 12.9. The first-order valence-electron chi connectivity index (χ1n) is 37.6. The van der Waals surface area contributed by atoms with Crippen LogP contribution in [0.4, 0.5) is 28.4 Å². The molecule has 12 aromatic carbocycles. The molecule has 0 aliphatic carbocycles. The van der Waals surface area contributed by atoms with E-state index in [1.807, 2.05) is 6.08 Å². The molecule has 1 atom stereocenters. The van der Waals surface area contributed by atoms with Crippen molar-refractivity contribution < 1.29 is 0 Å². The van der Waals surface area contributed by atoms with E-state index < -0.39 is 11.0 Å². The average molecular weight is 1340 g/mol. The highest BCUT2D eigenvalue weighted by molar-refractivity contribution is 6.10. The number of fused-ring (bicyclic) bond motifs is 2. The van der Waals surface area contributed by atoms with Crippen LogP contribution < -0.4 is 9.80 Å². The second kappa shape index (κ2) is 28.0. The van der Waals surface area contributed by atoms with Crippen LogP contribution in [-0.2, 0) is 27.1 Å². The topological polar surface area (TPSA) is 6.48 Å². The maximum Gasteiger partial charge on any atom is 0.0486 e. The second-order valence-electron chi connectivity index (χ2n) is 33.3. The predicted octanol–water partition coefficient (Wildman–Crippen LogP) is 29.2. The number of hydrogen-bond donors (Lipinski definition) is 0. The van der Waals surface area contributed by atoms with Gasteiger partial charge in [0.2, 0.25) is 0 Å². The average Bonchev–Trinajstić information content (AvgIpc) is 0.674. The van der Waals surface area contributed by atoms with Gasteiger partial charge in [0.15, 0.2) is 0 Å². The third-order valence-electron chi connectivity index (χ3n) is 24.4. The predicted molar refractivity (Wildman–Crippen MR) is 447 cm³/mol. The molecule has 0 saturated heterocycles. The Morgan fingerprint density at radius 2 is 0.794 bits per heavy atom. The van der Waals surface area contributed by atoms with Crippen LogP contribution in [0, 0.1) is 13.8 Å². The summed E-state index contributed by atoms with van der Waals surface area (Å²) < 4.78 is 0. The molecular weight excluding hydrogens is 1230 g/mol. The zero-order chi connectivity index (χ0) is 73.0. The minimum atomic E-state index is -0.499. The first-order valence-corrected chi connectivity index (χ1v) is 37.6. The van der Waals surface area contributed by atoms with Crippen LogP contribution in [0.3, 0.4) is 0 Å². The SMILES string of the molecule is C=Cc1cc(C(C)(C)C(C)(C)c2ccc(N(c3ccc(-c4ccc(N(c5ccc(-c6ccccc6)c(C(C)C)c5)C(C)(C)C(C)(C)c5cc(C)c(-c6c(C)cc(C(C)(C)CC)c7ccccc67)c6ccccc56)cc4)cc3)c3ccc(-c4ccccc4)c(C(C)CC)c3)cc2)ccc1C(C)(C)C. The van der Waals surface area contributed by atoms with Gasteiger partial charge in [-0.1, -0.05) is 311 Å². The molecule has 2 nitrogen and oxygen atoms in total. The number of rotatable bonds is 21. The summed E-state index contributed by atoms with van der Waals surface area (Å²) in [6.45, 7) is 51.7. The van der Waals surface area contributed by atoms with E-state index in [9.17, 15) is 0 Å². The van der Waals surface area contributed by atoms with Crippen LogP contribution in [0.5, 0.6) is 0 Å². The first kappa shape index (κ1) is 72.3. The van der Waals surface area contributed by atoms with Crippen LogP contribution in [0.15, 0.2) is 255 Å². The maximum absolute atomic E-state index is 4.26. The van der Waals surface area contributed by atoms with Gasteiger partial charge in [-0.05, 0) is 256 Å². The van der Waals surface area contributed by atoms with Gasteiger partial charge in [0, 0.05) is 39.4 Å². The highest BCUT2D eigenvalue weighted by Gasteiger charge is 2.46. The number of anilines is 5. The molecule has 0 aromatic heterocycles. The lowest BCUT2D eigenvalue weighted by molar-refractivity contribution is 0.303. The minimum absolute atomic E-state index is 0.0185. The van der Waals surface area contributed by atoms with E-state index >= 15 is 0 Å². The van der Waals surface area contributed by atoms with Gasteiger partial charge in [-0.15, -0.1) is 0 Å². The molecule has 0 radical (unpaired) electrons. The van der Waals surface area contributed by atoms with E-state index in [2.05, 4.69) is 404 Å². The fourth-order valence-electron chi connectivity index (χ4n) is 16.2. The maximum atomic E-state index is 4.26. The molecule has 0 spiro atoms. The number of nitrogens with zero attached hydrogens (tertiary/aromatic N) is 2. The van der Waals surface area contributed by atoms with E-state index in [1.54, 1.807) is 0 Å². The van der Waals surface area contributed by atoms with Crippen LogP contribution in [0.2, 0.25) is 0 Å². The van der Waals surface area contributed by atoms with Crippen molar-refractivity contribution in [3.8, 4) is 44.5 Å². The molecule has 0 bridgehead atoms. The molecule has 0 N–H and O–H groups in total. The van der Waals surface area contributed by atoms with E-state index in [4.69, 9.17) is 0 Å². The highest BCUT2D eigenvalue weighted by atomic mass is 15.2. The van der Waals surface area contributed by atoms with Gasteiger partial charge in [0.05, 0.1) is 0 Å². The highest BCUT2D eigenvalue weighted by Crippen LogP contribution is 2.53. The molecule has 0 heterocycles. The largest absolute Gasteiger partial charge is 0.335 e. The Morgan fingerprint density at radius 1 is 0.373 bits per heavy atom. The molecule has 12 rings (SSSR count). The van der Waals surface area contributed by atoms with Gasteiger partial charge in [-0.25, -0.2) is 0 Å². The van der Waals surface area contributed by atoms with Crippen molar-refractivity contribution in [2.24, 2.45) is 0 Å². The smallest absolute Gasteiger partial charge is 0.0486 e. The van der Waals surface area contributed by atoms with Gasteiger partial charge in [-0.3, -0.25) is 0 Å². The third kappa shape index (κ3) is 13.2. The van der Waals surface area contributed by atoms with Crippen molar-refractivity contribution in [2.45, 2.75) is 196 Å². The summed E-state index contributed by atoms with van der Waals surface area (Å²) in [4.78, 5) is 5.11. The Hall–Kier alpha value is -9.50. The zero-order valence-corrected chi connectivity index (χ0v) is 64.9. The molecule has 0 aliphatic rings. The standard InChI is InChI=1S/C100H110N2/c1-22-67(6)89-64-80(56-58-83(89)74-37-29-26-30-38-74)101(78-54-47-75(48-55-78)97(14,15)98(16,17)76-49-60-90(95(9,10)11)70(23-2)63-76)77-50-43-71(44-51-77)72-45-52-79(53-46-72)102(81-57-59-82(88(65-81)66(4)5)73-35-27-25-28-36-73)100(20,21)99(18,19)92-62-69(8)94(87-42-34-32-40-85(87)92)93-68(7)61-91(96(12,13)24-3)84-39-31-33-41-86(84)93/h23,25-67H,2,22,24H2,1,3-21H3. The van der Waals surface area contributed by atoms with Crippen molar-refractivity contribution in [1.29, 1.82) is 0 Å². The molecule has 520 valence electrons. The quantitative estimate of drug-likeness (QED) is 0.0707. The molecule has 2 heteroatoms. The molecule has 12 aromatic rings. The summed E-state index contributed by atoms with van der Waals surface area (Å²) >= 11 is 0. The van der Waals surface area contributed by atoms with Crippen molar-refractivity contribution >= 4 is 56.1 Å². The summed E-state index contributed by atoms with van der Waals surface area (Å²) in [6, 6.07) is 94.7. The molecule has 0 aliphatic heterocycles. The molecule has 102 heavy (non-hydrogen) atoms. The third-order valence-corrected chi connectivity index (χ3v) is 24.4. The Kier molecular flexibility index (Phi) is 19.9. The van der Waals surface area contributed by atoms with Gasteiger partial charge in [0.25, 0.3) is 0 Å². The number of aryl methyl sites for hydroxylation is 2. The molecule has 1 unspecified atom stereocenters. The lowest BCUT2D eigenvalue weighted by Gasteiger charge is -2.51. The lowest BCUT2D eigenvalue weighted by Crippen LogP contribution is -2.54. The summed E-state index contributed by atoms with van der Waals surface area (Å²) in [5.74, 6) is 0.637. The van der Waals surface area contributed by atoms with Gasteiger partial charge < -0.3 is 9.80 Å². The van der Waals surface area contributed by atoms with Crippen molar-refractivity contribution in [3.05, 3.63) is 311 Å². The Labute approximate surface area is 613 Å². The second-order valence-corrected chi connectivity index (χ2v) is 33.3. The molecule has 0 fully saturated rings. The van der Waals surface area contributed by atoms with E-state index in [0.29, 0.717) is 5.92 Å². The molecule has 0 amide bonds. The Morgan fingerprint density at radius 3 is 1.28 bits per heavy atom. The summed E-state index contributed by atoms with van der Waals surface area (Å²) in [7, 11) is 0. The monoisotopic (exact) mass is 1340 g/mol. The number of hydrogen-bond acceptors (Lipinski definition) is 2. The number of benzene rings is 12. The Bertz CT molecular complexity index is 5010. The van der Waals surface area contributed by atoms with Gasteiger partial charge in [0.1, 0.15) is 0 Å². The van der Waals surface area contributed by atoms with Crippen LogP contribution >= 0.6 is 0 Å². The minimum Gasteiger partial charge on any atom is -0.335 e. The summed E-state index contributed by atoms with van der Waals surface area (Å²) in [5.41, 5.74) is 27.6.